The van der Waals surface area contributed by atoms with E-state index in [1.807, 2.05) is 49.9 Å². The number of benzene rings is 1. The number of hydrogen-bond donors (Lipinski definition) is 1. The fraction of sp³-hybridized carbons (Fsp3) is 0.500. The molecule has 1 fully saturated rings. The molecule has 0 aliphatic carbocycles. The van der Waals surface area contributed by atoms with Crippen LogP contribution < -0.4 is 5.32 Å². The summed E-state index contributed by atoms with van der Waals surface area (Å²) in [4.78, 5) is 31.3. The van der Waals surface area contributed by atoms with Crippen molar-refractivity contribution in [3.8, 4) is 0 Å². The summed E-state index contributed by atoms with van der Waals surface area (Å²) in [6.45, 7) is 7.94. The van der Waals surface area contributed by atoms with E-state index in [2.05, 4.69) is 10.7 Å². The van der Waals surface area contributed by atoms with E-state index in [0.29, 0.717) is 12.5 Å². The van der Waals surface area contributed by atoms with Crippen LogP contribution in [0.5, 0.6) is 0 Å². The van der Waals surface area contributed by atoms with Crippen molar-refractivity contribution in [3.63, 3.8) is 0 Å². The molecule has 1 aromatic carbocycles. The van der Waals surface area contributed by atoms with Gasteiger partial charge in [0.15, 0.2) is 0 Å². The molecule has 0 radical (unpaired) electrons. The van der Waals surface area contributed by atoms with Crippen molar-refractivity contribution in [2.75, 3.05) is 19.6 Å². The molecule has 6 heteroatoms. The van der Waals surface area contributed by atoms with E-state index in [0.717, 1.165) is 54.2 Å². The first kappa shape index (κ1) is 20.5. The molecule has 1 aliphatic heterocycles. The Morgan fingerprint density at radius 3 is 2.93 bits per heavy atom. The summed E-state index contributed by atoms with van der Waals surface area (Å²) in [6, 6.07) is 7.80. The molecule has 2 heterocycles. The van der Waals surface area contributed by atoms with Crippen molar-refractivity contribution in [3.05, 3.63) is 51.5 Å². The summed E-state index contributed by atoms with van der Waals surface area (Å²) in [5.41, 5.74) is 2.89. The van der Waals surface area contributed by atoms with Crippen LogP contribution in [0, 0.1) is 12.8 Å². The van der Waals surface area contributed by atoms with Crippen molar-refractivity contribution in [1.29, 1.82) is 0 Å². The number of rotatable bonds is 6. The summed E-state index contributed by atoms with van der Waals surface area (Å²) in [6.07, 6.45) is 2.81. The molecule has 28 heavy (non-hydrogen) atoms. The van der Waals surface area contributed by atoms with Crippen molar-refractivity contribution < 1.29 is 9.59 Å². The van der Waals surface area contributed by atoms with Gasteiger partial charge in [-0.25, -0.2) is 4.98 Å². The fourth-order valence-electron chi connectivity index (χ4n) is 3.47. The second kappa shape index (κ2) is 9.32. The number of piperidine rings is 1. The van der Waals surface area contributed by atoms with Crippen LogP contribution in [0.25, 0.3) is 0 Å². The highest BCUT2D eigenvalue weighted by molar-refractivity contribution is 7.09. The lowest BCUT2D eigenvalue weighted by Gasteiger charge is -2.32. The van der Waals surface area contributed by atoms with Crippen LogP contribution >= 0.6 is 11.3 Å². The minimum atomic E-state index is 0.00477. The number of aryl methyl sites for hydroxylation is 1. The molecule has 1 N–H and O–H groups in total. The average molecular weight is 400 g/mol. The van der Waals surface area contributed by atoms with E-state index >= 15 is 0 Å². The van der Waals surface area contributed by atoms with Gasteiger partial charge in [0.05, 0.1) is 10.7 Å². The molecule has 1 unspecified atom stereocenters. The van der Waals surface area contributed by atoms with E-state index < -0.39 is 0 Å². The quantitative estimate of drug-likeness (QED) is 0.804. The monoisotopic (exact) mass is 399 g/mol. The van der Waals surface area contributed by atoms with Crippen molar-refractivity contribution in [2.45, 2.75) is 46.0 Å². The van der Waals surface area contributed by atoms with Crippen LogP contribution in [-0.2, 0) is 11.2 Å². The molecule has 5 nitrogen and oxygen atoms in total. The Morgan fingerprint density at radius 1 is 1.36 bits per heavy atom. The Labute approximate surface area is 171 Å². The molecule has 1 atom stereocenters. The Hall–Kier alpha value is -2.21. The molecule has 1 aromatic heterocycles. The largest absolute Gasteiger partial charge is 0.355 e. The SMILES string of the molecule is Cc1cccc(C(=O)N2CCCC(c3nc(CCNC(=O)C(C)C)cs3)C2)c1. The molecule has 0 saturated carbocycles. The number of hydrogen-bond acceptors (Lipinski definition) is 4. The molecule has 1 aliphatic rings. The zero-order valence-corrected chi connectivity index (χ0v) is 17.7. The van der Waals surface area contributed by atoms with Gasteiger partial charge >= 0.3 is 0 Å². The van der Waals surface area contributed by atoms with Crippen molar-refractivity contribution in [1.82, 2.24) is 15.2 Å². The maximum absolute atomic E-state index is 12.9. The zero-order valence-electron chi connectivity index (χ0n) is 16.9. The van der Waals surface area contributed by atoms with Crippen LogP contribution in [-0.4, -0.2) is 41.3 Å². The Bertz CT molecular complexity index is 831. The average Bonchev–Trinajstić information content (AvgIpc) is 3.16. The number of thiazole rings is 1. The van der Waals surface area contributed by atoms with E-state index in [1.54, 1.807) is 11.3 Å². The highest BCUT2D eigenvalue weighted by atomic mass is 32.1. The number of aromatic nitrogens is 1. The fourth-order valence-corrected chi connectivity index (χ4v) is 4.45. The maximum Gasteiger partial charge on any atom is 0.253 e. The number of carbonyl (C=O) groups excluding carboxylic acids is 2. The lowest BCUT2D eigenvalue weighted by molar-refractivity contribution is -0.123. The second-order valence-corrected chi connectivity index (χ2v) is 8.72. The minimum absolute atomic E-state index is 0.00477. The minimum Gasteiger partial charge on any atom is -0.355 e. The molecule has 2 amide bonds. The molecule has 2 aromatic rings. The first-order valence-electron chi connectivity index (χ1n) is 10.0. The van der Waals surface area contributed by atoms with Crippen molar-refractivity contribution in [2.24, 2.45) is 5.92 Å². The van der Waals surface area contributed by atoms with Gasteiger partial charge in [0, 0.05) is 48.8 Å². The summed E-state index contributed by atoms with van der Waals surface area (Å²) < 4.78 is 0. The topological polar surface area (TPSA) is 62.3 Å². The number of nitrogens with one attached hydrogen (secondary N) is 1. The van der Waals surface area contributed by atoms with Crippen LogP contribution in [0.15, 0.2) is 29.6 Å². The van der Waals surface area contributed by atoms with Gasteiger partial charge in [0.2, 0.25) is 5.91 Å². The lowest BCUT2D eigenvalue weighted by atomic mass is 9.97. The molecule has 1 saturated heterocycles. The molecule has 0 bridgehead atoms. The highest BCUT2D eigenvalue weighted by Gasteiger charge is 2.27. The molecular formula is C22H29N3O2S. The normalized spacial score (nSPS) is 17.0. The third-order valence-corrected chi connectivity index (χ3v) is 6.15. The van der Waals surface area contributed by atoms with Gasteiger partial charge < -0.3 is 10.2 Å². The first-order valence-corrected chi connectivity index (χ1v) is 10.9. The van der Waals surface area contributed by atoms with Crippen molar-refractivity contribution >= 4 is 23.2 Å². The predicted octanol–water partition coefficient (Wildman–Crippen LogP) is 3.79. The van der Waals surface area contributed by atoms with Crippen LogP contribution in [0.4, 0.5) is 0 Å². The summed E-state index contributed by atoms with van der Waals surface area (Å²) in [7, 11) is 0. The number of carbonyl (C=O) groups is 2. The first-order chi connectivity index (χ1) is 13.4. The zero-order chi connectivity index (χ0) is 20.1. The van der Waals surface area contributed by atoms with E-state index in [4.69, 9.17) is 4.98 Å². The number of amides is 2. The third kappa shape index (κ3) is 5.19. The molecule has 3 rings (SSSR count). The summed E-state index contributed by atoms with van der Waals surface area (Å²) >= 11 is 1.67. The van der Waals surface area contributed by atoms with Crippen LogP contribution in [0.3, 0.4) is 0 Å². The van der Waals surface area contributed by atoms with Gasteiger partial charge in [0.1, 0.15) is 0 Å². The van der Waals surface area contributed by atoms with Gasteiger partial charge in [-0.1, -0.05) is 31.5 Å². The Balaban J connectivity index is 1.58. The highest BCUT2D eigenvalue weighted by Crippen LogP contribution is 2.30. The smallest absolute Gasteiger partial charge is 0.253 e. The molecular weight excluding hydrogens is 370 g/mol. The van der Waals surface area contributed by atoms with E-state index in [1.165, 1.54) is 0 Å². The van der Waals surface area contributed by atoms with E-state index in [9.17, 15) is 9.59 Å². The number of likely N-dealkylation sites (tertiary alicyclic amines) is 1. The summed E-state index contributed by atoms with van der Waals surface area (Å²) in [5.74, 6) is 0.492. The molecule has 0 spiro atoms. The lowest BCUT2D eigenvalue weighted by Crippen LogP contribution is -2.39. The van der Waals surface area contributed by atoms with Crippen LogP contribution in [0.1, 0.15) is 59.2 Å². The Kier molecular flexibility index (Phi) is 6.83. The van der Waals surface area contributed by atoms with Gasteiger partial charge in [-0.05, 0) is 31.9 Å². The molecule has 150 valence electrons. The van der Waals surface area contributed by atoms with Gasteiger partial charge in [-0.15, -0.1) is 11.3 Å². The number of nitrogens with zero attached hydrogens (tertiary/aromatic N) is 2. The standard InChI is InChI=1S/C22H29N3O2S/c1-15(2)20(26)23-10-9-19-14-28-21(24-19)18-8-5-11-25(13-18)22(27)17-7-4-6-16(3)12-17/h4,6-7,12,14-15,18H,5,8-11,13H2,1-3H3,(H,23,26). The Morgan fingerprint density at radius 2 is 2.18 bits per heavy atom. The van der Waals surface area contributed by atoms with Gasteiger partial charge in [-0.2, -0.15) is 0 Å². The third-order valence-electron chi connectivity index (χ3n) is 5.10. The predicted molar refractivity (Wildman–Crippen MR) is 113 cm³/mol. The van der Waals surface area contributed by atoms with E-state index in [-0.39, 0.29) is 17.7 Å². The maximum atomic E-state index is 12.9. The van der Waals surface area contributed by atoms with Gasteiger partial charge in [0.25, 0.3) is 5.91 Å². The summed E-state index contributed by atoms with van der Waals surface area (Å²) in [5, 5.41) is 6.12. The van der Waals surface area contributed by atoms with Gasteiger partial charge in [-0.3, -0.25) is 9.59 Å². The van der Waals surface area contributed by atoms with Crippen LogP contribution in [0.2, 0.25) is 0 Å². The second-order valence-electron chi connectivity index (χ2n) is 7.83.